The van der Waals surface area contributed by atoms with Crippen molar-refractivity contribution in [2.24, 2.45) is 0 Å². The molecule has 3 rings (SSSR count). The van der Waals surface area contributed by atoms with Gasteiger partial charge in [0.15, 0.2) is 0 Å². The summed E-state index contributed by atoms with van der Waals surface area (Å²) in [5.41, 5.74) is 1.99. The Morgan fingerprint density at radius 2 is 1.77 bits per heavy atom. The molecule has 0 saturated heterocycles. The number of anilines is 1. The first-order valence-corrected chi connectivity index (χ1v) is 7.68. The maximum Gasteiger partial charge on any atom is 0.142 e. The van der Waals surface area contributed by atoms with Gasteiger partial charge in [0.1, 0.15) is 5.75 Å². The van der Waals surface area contributed by atoms with Crippen molar-refractivity contribution < 1.29 is 4.74 Å². The van der Waals surface area contributed by atoms with Crippen molar-refractivity contribution in [2.75, 3.05) is 12.4 Å². The van der Waals surface area contributed by atoms with E-state index in [-0.39, 0.29) is 0 Å². The summed E-state index contributed by atoms with van der Waals surface area (Å²) in [5, 5.41) is 6.93. The van der Waals surface area contributed by atoms with Crippen LogP contribution in [0.4, 0.5) is 5.69 Å². The molecule has 0 aliphatic rings. The molecule has 4 heteroatoms. The second-order valence-corrected chi connectivity index (χ2v) is 5.80. The Bertz CT molecular complexity index is 812. The summed E-state index contributed by atoms with van der Waals surface area (Å²) < 4.78 is 5.38. The van der Waals surface area contributed by atoms with E-state index in [1.54, 1.807) is 13.2 Å². The molecule has 112 valence electrons. The summed E-state index contributed by atoms with van der Waals surface area (Å²) in [5.74, 6) is 0.652. The minimum absolute atomic E-state index is 0.518. The Morgan fingerprint density at radius 3 is 2.59 bits per heavy atom. The topological polar surface area (TPSA) is 21.3 Å². The Hall–Kier alpha value is -1.90. The summed E-state index contributed by atoms with van der Waals surface area (Å²) in [4.78, 5) is 0. The quantitative estimate of drug-likeness (QED) is 0.655. The van der Waals surface area contributed by atoms with Gasteiger partial charge in [0, 0.05) is 28.2 Å². The number of halogens is 2. The predicted molar refractivity (Wildman–Crippen MR) is 94.3 cm³/mol. The number of rotatable bonds is 4. The van der Waals surface area contributed by atoms with Crippen LogP contribution in [-0.4, -0.2) is 7.11 Å². The number of fused-ring (bicyclic) bond motifs is 1. The van der Waals surface area contributed by atoms with E-state index >= 15 is 0 Å². The summed E-state index contributed by atoms with van der Waals surface area (Å²) in [6.45, 7) is 0.581. The molecule has 2 nitrogen and oxygen atoms in total. The van der Waals surface area contributed by atoms with Gasteiger partial charge in [0.05, 0.1) is 12.1 Å². The molecule has 0 aliphatic carbocycles. The first-order chi connectivity index (χ1) is 10.7. The van der Waals surface area contributed by atoms with Crippen LogP contribution in [0.3, 0.4) is 0 Å². The lowest BCUT2D eigenvalue weighted by molar-refractivity contribution is 0.410. The fourth-order valence-electron chi connectivity index (χ4n) is 2.54. The van der Waals surface area contributed by atoms with Crippen LogP contribution < -0.4 is 10.1 Å². The fraction of sp³-hybridized carbons (Fsp3) is 0.111. The Balaban J connectivity index is 1.92. The van der Waals surface area contributed by atoms with Crippen LogP contribution in [0.15, 0.2) is 54.6 Å². The van der Waals surface area contributed by atoms with Crippen LogP contribution in [0, 0.1) is 0 Å². The molecular weight excluding hydrogens is 317 g/mol. The van der Waals surface area contributed by atoms with Gasteiger partial charge in [-0.05, 0) is 23.6 Å². The molecule has 0 aliphatic heterocycles. The van der Waals surface area contributed by atoms with Gasteiger partial charge < -0.3 is 10.1 Å². The van der Waals surface area contributed by atoms with Crippen LogP contribution >= 0.6 is 23.2 Å². The number of benzene rings is 3. The van der Waals surface area contributed by atoms with Crippen LogP contribution in [0.1, 0.15) is 5.56 Å². The monoisotopic (exact) mass is 331 g/mol. The number of hydrogen-bond donors (Lipinski definition) is 1. The van der Waals surface area contributed by atoms with Gasteiger partial charge >= 0.3 is 0 Å². The Kier molecular flexibility index (Phi) is 4.41. The average molecular weight is 332 g/mol. The van der Waals surface area contributed by atoms with E-state index in [1.165, 1.54) is 10.8 Å². The highest BCUT2D eigenvalue weighted by Crippen LogP contribution is 2.33. The Morgan fingerprint density at radius 1 is 1.00 bits per heavy atom. The lowest BCUT2D eigenvalue weighted by Crippen LogP contribution is -2.02. The van der Waals surface area contributed by atoms with Gasteiger partial charge in [0.2, 0.25) is 0 Å². The van der Waals surface area contributed by atoms with Crippen LogP contribution in [-0.2, 0) is 6.54 Å². The van der Waals surface area contributed by atoms with Gasteiger partial charge in [-0.2, -0.15) is 0 Å². The minimum atomic E-state index is 0.518. The third kappa shape index (κ3) is 2.99. The number of methoxy groups -OCH3 is 1. The molecule has 0 atom stereocenters. The molecule has 0 unspecified atom stereocenters. The van der Waals surface area contributed by atoms with E-state index in [0.717, 1.165) is 11.3 Å². The molecular formula is C18H15Cl2NO. The van der Waals surface area contributed by atoms with E-state index in [4.69, 9.17) is 27.9 Å². The summed E-state index contributed by atoms with van der Waals surface area (Å²) >= 11 is 12.3. The first-order valence-electron chi connectivity index (χ1n) is 6.92. The van der Waals surface area contributed by atoms with Crippen LogP contribution in [0.2, 0.25) is 10.0 Å². The van der Waals surface area contributed by atoms with Gasteiger partial charge in [-0.1, -0.05) is 59.6 Å². The van der Waals surface area contributed by atoms with Crippen molar-refractivity contribution in [1.29, 1.82) is 0 Å². The summed E-state index contributed by atoms with van der Waals surface area (Å²) in [7, 11) is 1.61. The van der Waals surface area contributed by atoms with Gasteiger partial charge in [-0.3, -0.25) is 0 Å². The molecule has 22 heavy (non-hydrogen) atoms. The lowest BCUT2D eigenvalue weighted by Gasteiger charge is -2.14. The van der Waals surface area contributed by atoms with Crippen molar-refractivity contribution in [3.63, 3.8) is 0 Å². The van der Waals surface area contributed by atoms with Gasteiger partial charge in [-0.15, -0.1) is 0 Å². The molecule has 0 fully saturated rings. The highest BCUT2D eigenvalue weighted by molar-refractivity contribution is 6.35. The average Bonchev–Trinajstić information content (AvgIpc) is 2.52. The smallest absolute Gasteiger partial charge is 0.142 e. The first kappa shape index (κ1) is 15.0. The fourth-order valence-corrected chi connectivity index (χ4v) is 3.16. The van der Waals surface area contributed by atoms with Crippen LogP contribution in [0.5, 0.6) is 5.75 Å². The maximum absolute atomic E-state index is 6.17. The molecule has 3 aromatic carbocycles. The van der Waals surface area contributed by atoms with Crippen molar-refractivity contribution in [1.82, 2.24) is 0 Å². The van der Waals surface area contributed by atoms with E-state index in [1.807, 2.05) is 24.3 Å². The molecule has 0 spiro atoms. The molecule has 0 aromatic heterocycles. The zero-order valence-corrected chi connectivity index (χ0v) is 13.6. The van der Waals surface area contributed by atoms with Crippen molar-refractivity contribution in [3.05, 3.63) is 70.2 Å². The normalized spacial score (nSPS) is 10.7. The van der Waals surface area contributed by atoms with E-state index in [0.29, 0.717) is 22.3 Å². The Labute approximate surface area is 139 Å². The largest absolute Gasteiger partial charge is 0.495 e. The van der Waals surface area contributed by atoms with Crippen molar-refractivity contribution in [2.45, 2.75) is 6.54 Å². The van der Waals surface area contributed by atoms with Crippen molar-refractivity contribution >= 4 is 39.7 Å². The lowest BCUT2D eigenvalue weighted by atomic mass is 10.1. The van der Waals surface area contributed by atoms with E-state index in [2.05, 4.69) is 29.6 Å². The standard InChI is InChI=1S/C18H15Cl2NO/c1-22-18-13(9-14(19)10-16(18)20)11-21-17-8-4-6-12-5-2-3-7-15(12)17/h2-10,21H,11H2,1H3. The number of nitrogens with one attached hydrogen (secondary N) is 1. The highest BCUT2D eigenvalue weighted by atomic mass is 35.5. The zero-order valence-electron chi connectivity index (χ0n) is 12.1. The molecule has 0 heterocycles. The molecule has 0 amide bonds. The second kappa shape index (κ2) is 6.47. The zero-order chi connectivity index (χ0) is 15.5. The molecule has 1 N–H and O–H groups in total. The predicted octanol–water partition coefficient (Wildman–Crippen LogP) is 5.77. The van der Waals surface area contributed by atoms with E-state index in [9.17, 15) is 0 Å². The highest BCUT2D eigenvalue weighted by Gasteiger charge is 2.10. The molecule has 0 saturated carbocycles. The summed E-state index contributed by atoms with van der Waals surface area (Å²) in [6, 6.07) is 18.0. The maximum atomic E-state index is 6.17. The minimum Gasteiger partial charge on any atom is -0.495 e. The van der Waals surface area contributed by atoms with Gasteiger partial charge in [0.25, 0.3) is 0 Å². The van der Waals surface area contributed by atoms with E-state index < -0.39 is 0 Å². The third-order valence-corrected chi connectivity index (χ3v) is 4.05. The molecule has 0 radical (unpaired) electrons. The molecule has 3 aromatic rings. The number of hydrogen-bond acceptors (Lipinski definition) is 2. The second-order valence-electron chi connectivity index (χ2n) is 4.96. The van der Waals surface area contributed by atoms with Crippen molar-refractivity contribution in [3.8, 4) is 5.75 Å². The van der Waals surface area contributed by atoms with Gasteiger partial charge in [-0.25, -0.2) is 0 Å². The summed E-state index contributed by atoms with van der Waals surface area (Å²) in [6.07, 6.45) is 0. The number of ether oxygens (including phenoxy) is 1. The van der Waals surface area contributed by atoms with Crippen LogP contribution in [0.25, 0.3) is 10.8 Å². The molecule has 0 bridgehead atoms. The SMILES string of the molecule is COc1c(Cl)cc(Cl)cc1CNc1cccc2ccccc12. The third-order valence-electron chi connectivity index (χ3n) is 3.55.